The van der Waals surface area contributed by atoms with Gasteiger partial charge in [-0.3, -0.25) is 14.3 Å². The van der Waals surface area contributed by atoms with Gasteiger partial charge in [0.25, 0.3) is 15.8 Å². The molecule has 0 saturated carbocycles. The highest BCUT2D eigenvalue weighted by Crippen LogP contribution is 2.22. The third-order valence-corrected chi connectivity index (χ3v) is 3.29. The fourth-order valence-corrected chi connectivity index (χ4v) is 1.98. The smallest absolute Gasteiger partial charge is 0.266 e. The minimum Gasteiger partial charge on any atom is -0.266 e. The molecule has 0 aromatic heterocycles. The first-order valence-electron chi connectivity index (χ1n) is 4.82. The molecule has 106 valence electrons. The van der Waals surface area contributed by atoms with Crippen LogP contribution in [0.2, 0.25) is 0 Å². The quantitative estimate of drug-likeness (QED) is 0.473. The Hall–Kier alpha value is -1.68. The first-order valence-corrected chi connectivity index (χ1v) is 6.23. The number of non-ortho nitro benzene ring substituents is 1. The third-order valence-electron chi connectivity index (χ3n) is 1.96. The van der Waals surface area contributed by atoms with E-state index in [4.69, 9.17) is 0 Å². The van der Waals surface area contributed by atoms with Gasteiger partial charge < -0.3 is 0 Å². The lowest BCUT2D eigenvalue weighted by molar-refractivity contribution is -0.384. The van der Waals surface area contributed by atoms with E-state index in [1.54, 1.807) is 0 Å². The second kappa shape index (κ2) is 5.53. The zero-order valence-corrected chi connectivity index (χ0v) is 10.1. The fraction of sp³-hybridized carbons (Fsp3) is 0.333. The van der Waals surface area contributed by atoms with Crippen molar-refractivity contribution in [3.05, 3.63) is 34.4 Å². The zero-order valence-electron chi connectivity index (χ0n) is 9.25. The number of alkyl halides is 3. The standard InChI is InChI=1S/C9H8F3NO5S/c10-9(11,12)5-6-18-19(16,17)8-3-1-7(2-4-8)13(14)15/h1-4H,5-6H2. The van der Waals surface area contributed by atoms with Gasteiger partial charge in [0.05, 0.1) is 22.8 Å². The first-order chi connectivity index (χ1) is 8.62. The highest BCUT2D eigenvalue weighted by Gasteiger charge is 2.28. The minimum atomic E-state index is -4.52. The predicted octanol–water partition coefficient (Wildman–Crippen LogP) is 2.25. The molecule has 0 aliphatic carbocycles. The van der Waals surface area contributed by atoms with Gasteiger partial charge in [0.1, 0.15) is 0 Å². The second-order valence-corrected chi connectivity index (χ2v) is 5.01. The highest BCUT2D eigenvalue weighted by atomic mass is 32.2. The van der Waals surface area contributed by atoms with Crippen LogP contribution >= 0.6 is 0 Å². The molecule has 19 heavy (non-hydrogen) atoms. The van der Waals surface area contributed by atoms with Crippen molar-refractivity contribution in [1.29, 1.82) is 0 Å². The average Bonchev–Trinajstić information content (AvgIpc) is 2.27. The van der Waals surface area contributed by atoms with E-state index in [1.807, 2.05) is 0 Å². The normalized spacial score (nSPS) is 12.4. The molecule has 0 aliphatic rings. The highest BCUT2D eigenvalue weighted by molar-refractivity contribution is 7.86. The maximum atomic E-state index is 11.8. The van der Waals surface area contributed by atoms with Crippen molar-refractivity contribution in [2.24, 2.45) is 0 Å². The van der Waals surface area contributed by atoms with E-state index < -0.39 is 39.1 Å². The average molecular weight is 299 g/mol. The monoisotopic (exact) mass is 299 g/mol. The van der Waals surface area contributed by atoms with Gasteiger partial charge in [-0.25, -0.2) is 0 Å². The topological polar surface area (TPSA) is 86.5 Å². The molecule has 1 aromatic rings. The van der Waals surface area contributed by atoms with Crippen molar-refractivity contribution >= 4 is 15.8 Å². The Morgan fingerprint density at radius 2 is 1.74 bits per heavy atom. The van der Waals surface area contributed by atoms with E-state index in [0.29, 0.717) is 0 Å². The molecule has 10 heteroatoms. The molecule has 0 N–H and O–H groups in total. The second-order valence-electron chi connectivity index (χ2n) is 3.39. The molecule has 0 spiro atoms. The van der Waals surface area contributed by atoms with E-state index >= 15 is 0 Å². The number of nitro benzene ring substituents is 1. The molecule has 0 bridgehead atoms. The molecule has 0 atom stereocenters. The minimum absolute atomic E-state index is 0.339. The summed E-state index contributed by atoms with van der Waals surface area (Å²) in [6.45, 7) is -1.04. The summed E-state index contributed by atoms with van der Waals surface area (Å²) in [6.07, 6.45) is -5.93. The number of nitrogens with zero attached hydrogens (tertiary/aromatic N) is 1. The maximum absolute atomic E-state index is 11.8. The van der Waals surface area contributed by atoms with E-state index in [2.05, 4.69) is 4.18 Å². The summed E-state index contributed by atoms with van der Waals surface area (Å²) in [5.41, 5.74) is -0.339. The summed E-state index contributed by atoms with van der Waals surface area (Å²) in [5, 5.41) is 10.3. The summed E-state index contributed by atoms with van der Waals surface area (Å²) >= 11 is 0. The van der Waals surface area contributed by atoms with Gasteiger partial charge in [-0.1, -0.05) is 0 Å². The van der Waals surface area contributed by atoms with Crippen LogP contribution in [0.3, 0.4) is 0 Å². The molecule has 0 aliphatic heterocycles. The van der Waals surface area contributed by atoms with Gasteiger partial charge in [0, 0.05) is 12.1 Å². The fourth-order valence-electron chi connectivity index (χ4n) is 1.07. The van der Waals surface area contributed by atoms with Gasteiger partial charge in [-0.15, -0.1) is 0 Å². The van der Waals surface area contributed by atoms with Crippen LogP contribution in [0.25, 0.3) is 0 Å². The summed E-state index contributed by atoms with van der Waals surface area (Å²) in [6, 6.07) is 3.61. The van der Waals surface area contributed by atoms with Gasteiger partial charge >= 0.3 is 6.18 Å². The van der Waals surface area contributed by atoms with Crippen molar-refractivity contribution in [2.45, 2.75) is 17.5 Å². The van der Waals surface area contributed by atoms with Crippen LogP contribution in [0.1, 0.15) is 6.42 Å². The lowest BCUT2D eigenvalue weighted by atomic mass is 10.3. The number of hydrogen-bond acceptors (Lipinski definition) is 5. The van der Waals surface area contributed by atoms with Crippen LogP contribution in [0.15, 0.2) is 29.2 Å². The van der Waals surface area contributed by atoms with Gasteiger partial charge in [0.15, 0.2) is 0 Å². The van der Waals surface area contributed by atoms with Crippen molar-refractivity contribution in [3.63, 3.8) is 0 Å². The molecule has 1 rings (SSSR count). The van der Waals surface area contributed by atoms with E-state index in [-0.39, 0.29) is 5.69 Å². The summed E-state index contributed by atoms with van der Waals surface area (Å²) < 4.78 is 62.5. The van der Waals surface area contributed by atoms with E-state index in [9.17, 15) is 31.7 Å². The molecular weight excluding hydrogens is 291 g/mol. The largest absolute Gasteiger partial charge is 0.391 e. The maximum Gasteiger partial charge on any atom is 0.391 e. The van der Waals surface area contributed by atoms with Crippen molar-refractivity contribution in [1.82, 2.24) is 0 Å². The van der Waals surface area contributed by atoms with Crippen LogP contribution in [-0.4, -0.2) is 26.1 Å². The lowest BCUT2D eigenvalue weighted by Crippen LogP contribution is -2.15. The zero-order chi connectivity index (χ0) is 14.7. The lowest BCUT2D eigenvalue weighted by Gasteiger charge is -2.07. The van der Waals surface area contributed by atoms with Crippen LogP contribution in [0.4, 0.5) is 18.9 Å². The number of benzene rings is 1. The van der Waals surface area contributed by atoms with Gasteiger partial charge in [0.2, 0.25) is 0 Å². The Bertz CT molecular complexity index is 552. The SMILES string of the molecule is O=[N+]([O-])c1ccc(S(=O)(=O)OCCC(F)(F)F)cc1. The molecule has 0 fully saturated rings. The third kappa shape index (κ3) is 4.83. The van der Waals surface area contributed by atoms with Gasteiger partial charge in [-0.05, 0) is 12.1 Å². The Morgan fingerprint density at radius 3 is 2.16 bits per heavy atom. The number of hydrogen-bond donors (Lipinski definition) is 0. The van der Waals surface area contributed by atoms with Crippen LogP contribution < -0.4 is 0 Å². The van der Waals surface area contributed by atoms with Gasteiger partial charge in [-0.2, -0.15) is 21.6 Å². The molecule has 6 nitrogen and oxygen atoms in total. The number of halogens is 3. The van der Waals surface area contributed by atoms with E-state index in [1.165, 1.54) is 0 Å². The number of rotatable bonds is 5. The molecule has 0 unspecified atom stereocenters. The van der Waals surface area contributed by atoms with E-state index in [0.717, 1.165) is 24.3 Å². The predicted molar refractivity (Wildman–Crippen MR) is 56.9 cm³/mol. The molecule has 0 amide bonds. The molecule has 0 heterocycles. The molecule has 0 saturated heterocycles. The number of nitro groups is 1. The van der Waals surface area contributed by atoms with Crippen LogP contribution in [0.5, 0.6) is 0 Å². The Kier molecular flexibility index (Phi) is 4.48. The Morgan fingerprint density at radius 1 is 1.21 bits per heavy atom. The molecule has 1 aromatic carbocycles. The van der Waals surface area contributed by atoms with Crippen molar-refractivity contribution < 1.29 is 30.7 Å². The van der Waals surface area contributed by atoms with Crippen LogP contribution in [0, 0.1) is 10.1 Å². The van der Waals surface area contributed by atoms with Crippen molar-refractivity contribution in [2.75, 3.05) is 6.61 Å². The summed E-state index contributed by atoms with van der Waals surface area (Å²) in [7, 11) is -4.35. The first kappa shape index (κ1) is 15.4. The molecular formula is C9H8F3NO5S. The van der Waals surface area contributed by atoms with Crippen LogP contribution in [-0.2, 0) is 14.3 Å². The Labute approximate surface area is 106 Å². The summed E-state index contributed by atoms with van der Waals surface area (Å²) in [4.78, 5) is 9.16. The van der Waals surface area contributed by atoms with Crippen molar-refractivity contribution in [3.8, 4) is 0 Å². The Balaban J connectivity index is 2.75. The summed E-state index contributed by atoms with van der Waals surface area (Å²) in [5.74, 6) is 0. The molecule has 0 radical (unpaired) electrons.